The molecule has 0 N–H and O–H groups in total. The van der Waals surface area contributed by atoms with Crippen LogP contribution in [0.1, 0.15) is 28.3 Å². The second-order valence-corrected chi connectivity index (χ2v) is 8.76. The van der Waals surface area contributed by atoms with Gasteiger partial charge in [-0.1, -0.05) is 18.2 Å². The molecule has 0 fully saturated rings. The molecule has 2 aromatic heterocycles. The Morgan fingerprint density at radius 2 is 1.59 bits per heavy atom. The number of nitrogens with zero attached hydrogens (tertiary/aromatic N) is 5. The van der Waals surface area contributed by atoms with Crippen molar-refractivity contribution in [3.63, 3.8) is 0 Å². The third-order valence-electron chi connectivity index (χ3n) is 4.93. The molecule has 7 nitrogen and oxygen atoms in total. The highest BCUT2D eigenvalue weighted by atomic mass is 32.2. The van der Waals surface area contributed by atoms with Crippen LogP contribution in [0.5, 0.6) is 0 Å². The van der Waals surface area contributed by atoms with E-state index in [-0.39, 0.29) is 11.4 Å². The van der Waals surface area contributed by atoms with Gasteiger partial charge in [0.15, 0.2) is 0 Å². The molecule has 0 saturated heterocycles. The third kappa shape index (κ3) is 3.30. The van der Waals surface area contributed by atoms with Crippen LogP contribution in [0.2, 0.25) is 0 Å². The molecule has 1 aromatic carbocycles. The molecule has 0 atom stereocenters. The fourth-order valence-corrected chi connectivity index (χ4v) is 4.82. The molecule has 0 aliphatic rings. The molecular weight excluding hydrogens is 362 g/mol. The van der Waals surface area contributed by atoms with Gasteiger partial charge < -0.3 is 0 Å². The second-order valence-electron chi connectivity index (χ2n) is 6.78. The molecule has 144 valence electrons. The van der Waals surface area contributed by atoms with Gasteiger partial charge in [0.05, 0.1) is 22.8 Å². The maximum Gasteiger partial charge on any atom is 0.246 e. The van der Waals surface area contributed by atoms with Crippen LogP contribution in [-0.2, 0) is 23.6 Å². The quantitative estimate of drug-likeness (QED) is 0.675. The summed E-state index contributed by atoms with van der Waals surface area (Å²) in [5.74, 6) is 0. The van der Waals surface area contributed by atoms with E-state index in [1.807, 2.05) is 51.2 Å². The minimum absolute atomic E-state index is 0.257. The van der Waals surface area contributed by atoms with E-state index in [1.165, 1.54) is 4.31 Å². The molecule has 27 heavy (non-hydrogen) atoms. The van der Waals surface area contributed by atoms with E-state index >= 15 is 0 Å². The largest absolute Gasteiger partial charge is 0.272 e. The zero-order chi connectivity index (χ0) is 19.9. The molecule has 0 aliphatic heterocycles. The molecule has 0 amide bonds. The second kappa shape index (κ2) is 6.94. The first-order valence-electron chi connectivity index (χ1n) is 8.71. The predicted molar refractivity (Wildman–Crippen MR) is 104 cm³/mol. The van der Waals surface area contributed by atoms with Crippen LogP contribution in [-0.4, -0.2) is 39.3 Å². The first-order valence-corrected chi connectivity index (χ1v) is 10.2. The highest BCUT2D eigenvalue weighted by Crippen LogP contribution is 2.26. The van der Waals surface area contributed by atoms with Crippen molar-refractivity contribution < 1.29 is 8.42 Å². The number of aryl methyl sites for hydroxylation is 3. The first kappa shape index (κ1) is 19.3. The summed E-state index contributed by atoms with van der Waals surface area (Å²) < 4.78 is 31.4. The zero-order valence-electron chi connectivity index (χ0n) is 16.6. The van der Waals surface area contributed by atoms with E-state index in [9.17, 15) is 8.42 Å². The van der Waals surface area contributed by atoms with Crippen molar-refractivity contribution in [2.24, 2.45) is 7.05 Å². The molecule has 0 aliphatic carbocycles. The molecule has 0 radical (unpaired) electrons. The normalized spacial score (nSPS) is 12.1. The fourth-order valence-electron chi connectivity index (χ4n) is 3.33. The number of para-hydroxylation sites is 1. The minimum Gasteiger partial charge on any atom is -0.272 e. The number of rotatable bonds is 5. The van der Waals surface area contributed by atoms with Gasteiger partial charge in [-0.2, -0.15) is 14.5 Å². The van der Waals surface area contributed by atoms with Crippen LogP contribution < -0.4 is 0 Å². The molecule has 0 saturated carbocycles. The Hall–Kier alpha value is -2.45. The van der Waals surface area contributed by atoms with Crippen molar-refractivity contribution in [2.45, 2.75) is 39.1 Å². The lowest BCUT2D eigenvalue weighted by atomic mass is 10.2. The standard InChI is InChI=1S/C19H25N5O2S/c1-13-18(15(3)23(6)20-13)12-22(5)27(25,26)19-14(2)21-24(16(19)4)17-10-8-7-9-11-17/h7-11H,12H2,1-6H3. The summed E-state index contributed by atoms with van der Waals surface area (Å²) in [5, 5.41) is 8.85. The van der Waals surface area contributed by atoms with E-state index in [0.717, 1.165) is 22.6 Å². The predicted octanol–water partition coefficient (Wildman–Crippen LogP) is 2.66. The van der Waals surface area contributed by atoms with Crippen LogP contribution in [0, 0.1) is 27.7 Å². The first-order chi connectivity index (χ1) is 12.6. The summed E-state index contributed by atoms with van der Waals surface area (Å²) in [7, 11) is -0.240. The summed E-state index contributed by atoms with van der Waals surface area (Å²) in [5.41, 5.74) is 4.65. The van der Waals surface area contributed by atoms with Gasteiger partial charge in [0.1, 0.15) is 4.90 Å². The maximum atomic E-state index is 13.3. The highest BCUT2D eigenvalue weighted by Gasteiger charge is 2.30. The number of benzene rings is 1. The molecule has 3 aromatic rings. The third-order valence-corrected chi connectivity index (χ3v) is 6.99. The smallest absolute Gasteiger partial charge is 0.246 e. The molecule has 0 bridgehead atoms. The average Bonchev–Trinajstić information content (AvgIpc) is 3.05. The van der Waals surface area contributed by atoms with E-state index in [0.29, 0.717) is 11.4 Å². The summed E-state index contributed by atoms with van der Waals surface area (Å²) in [4.78, 5) is 0.257. The van der Waals surface area contributed by atoms with Crippen LogP contribution in [0.4, 0.5) is 0 Å². The Balaban J connectivity index is 2.01. The number of aromatic nitrogens is 4. The minimum atomic E-state index is -3.70. The number of sulfonamides is 1. The Kier molecular flexibility index (Phi) is 4.96. The number of hydrogen-bond acceptors (Lipinski definition) is 4. The van der Waals surface area contributed by atoms with Gasteiger partial charge in [-0.05, 0) is 39.8 Å². The maximum absolute atomic E-state index is 13.3. The molecule has 2 heterocycles. The zero-order valence-corrected chi connectivity index (χ0v) is 17.4. The summed E-state index contributed by atoms with van der Waals surface area (Å²) in [6, 6.07) is 9.53. The van der Waals surface area contributed by atoms with Gasteiger partial charge in [-0.15, -0.1) is 0 Å². The lowest BCUT2D eigenvalue weighted by Crippen LogP contribution is -2.28. The van der Waals surface area contributed by atoms with Gasteiger partial charge in [-0.3, -0.25) is 4.68 Å². The number of hydrogen-bond donors (Lipinski definition) is 0. The topological polar surface area (TPSA) is 73.0 Å². The van der Waals surface area contributed by atoms with E-state index in [1.54, 1.807) is 30.3 Å². The average molecular weight is 388 g/mol. The molecular formula is C19H25N5O2S. The lowest BCUT2D eigenvalue weighted by Gasteiger charge is -2.18. The Morgan fingerprint density at radius 1 is 0.963 bits per heavy atom. The van der Waals surface area contributed by atoms with Gasteiger partial charge in [-0.25, -0.2) is 13.1 Å². The van der Waals surface area contributed by atoms with E-state index in [4.69, 9.17) is 0 Å². The summed E-state index contributed by atoms with van der Waals surface area (Å²) >= 11 is 0. The van der Waals surface area contributed by atoms with Crippen molar-refractivity contribution in [1.29, 1.82) is 0 Å². The Morgan fingerprint density at radius 3 is 2.15 bits per heavy atom. The SMILES string of the molecule is Cc1nn(C)c(C)c1CN(C)S(=O)(=O)c1c(C)nn(-c2ccccc2)c1C. The summed E-state index contributed by atoms with van der Waals surface area (Å²) in [6.45, 7) is 7.62. The van der Waals surface area contributed by atoms with E-state index < -0.39 is 10.0 Å². The van der Waals surface area contributed by atoms with Gasteiger partial charge in [0.2, 0.25) is 10.0 Å². The highest BCUT2D eigenvalue weighted by molar-refractivity contribution is 7.89. The Bertz CT molecular complexity index is 1080. The van der Waals surface area contributed by atoms with Crippen LogP contribution >= 0.6 is 0 Å². The monoisotopic (exact) mass is 387 g/mol. The van der Waals surface area contributed by atoms with Crippen LogP contribution in [0.15, 0.2) is 35.2 Å². The van der Waals surface area contributed by atoms with Crippen LogP contribution in [0.3, 0.4) is 0 Å². The van der Waals surface area contributed by atoms with Crippen molar-refractivity contribution in [1.82, 2.24) is 23.9 Å². The van der Waals surface area contributed by atoms with Gasteiger partial charge in [0, 0.05) is 31.9 Å². The lowest BCUT2D eigenvalue weighted by molar-refractivity contribution is 0.464. The van der Waals surface area contributed by atoms with Gasteiger partial charge >= 0.3 is 0 Å². The van der Waals surface area contributed by atoms with Crippen molar-refractivity contribution in [3.8, 4) is 5.69 Å². The van der Waals surface area contributed by atoms with Crippen LogP contribution in [0.25, 0.3) is 5.69 Å². The van der Waals surface area contributed by atoms with Crippen molar-refractivity contribution >= 4 is 10.0 Å². The van der Waals surface area contributed by atoms with Gasteiger partial charge in [0.25, 0.3) is 0 Å². The fraction of sp³-hybridized carbons (Fsp3) is 0.368. The molecule has 0 spiro atoms. The molecule has 8 heteroatoms. The molecule has 3 rings (SSSR count). The molecule has 0 unspecified atom stereocenters. The van der Waals surface area contributed by atoms with E-state index in [2.05, 4.69) is 10.2 Å². The van der Waals surface area contributed by atoms with Crippen molar-refractivity contribution in [3.05, 3.63) is 58.7 Å². The van der Waals surface area contributed by atoms with Crippen molar-refractivity contribution in [2.75, 3.05) is 7.05 Å². The Labute approximate surface area is 160 Å². The summed E-state index contributed by atoms with van der Waals surface area (Å²) in [6.07, 6.45) is 0.